The third kappa shape index (κ3) is 3.37. The van der Waals surface area contributed by atoms with Gasteiger partial charge in [-0.1, -0.05) is 19.9 Å². The van der Waals surface area contributed by atoms with Crippen LogP contribution in [-0.2, 0) is 9.53 Å². The van der Waals surface area contributed by atoms with E-state index in [0.717, 1.165) is 10.6 Å². The topological polar surface area (TPSA) is 50.4 Å². The van der Waals surface area contributed by atoms with E-state index < -0.39 is 0 Å². The molecule has 2 heterocycles. The predicted octanol–water partition coefficient (Wildman–Crippen LogP) is 2.74. The van der Waals surface area contributed by atoms with Crippen LogP contribution in [-0.4, -0.2) is 17.7 Å². The van der Waals surface area contributed by atoms with E-state index in [1.807, 2.05) is 38.3 Å². The molecule has 1 aromatic rings. The zero-order valence-corrected chi connectivity index (χ0v) is 13.4. The van der Waals surface area contributed by atoms with Crippen LogP contribution < -0.4 is 10.6 Å². The molecule has 6 heteroatoms. The molecule has 1 atom stereocenters. The maximum absolute atomic E-state index is 12.3. The van der Waals surface area contributed by atoms with Crippen molar-refractivity contribution in [3.63, 3.8) is 0 Å². The Kier molecular flexibility index (Phi) is 4.77. The summed E-state index contributed by atoms with van der Waals surface area (Å²) in [7, 11) is 0. The molecular weight excluding hydrogens is 292 g/mol. The molecule has 0 unspecified atom stereocenters. The number of allylic oxidation sites excluding steroid dienone is 1. The van der Waals surface area contributed by atoms with Gasteiger partial charge in [-0.25, -0.2) is 4.79 Å². The third-order valence-corrected chi connectivity index (χ3v) is 4.02. The second-order valence-electron chi connectivity index (χ2n) is 5.08. The van der Waals surface area contributed by atoms with E-state index in [4.69, 9.17) is 17.0 Å². The highest BCUT2D eigenvalue weighted by Crippen LogP contribution is 2.30. The van der Waals surface area contributed by atoms with Crippen molar-refractivity contribution >= 4 is 34.6 Å². The zero-order chi connectivity index (χ0) is 14.7. The lowest BCUT2D eigenvalue weighted by Gasteiger charge is -2.29. The van der Waals surface area contributed by atoms with Crippen LogP contribution >= 0.6 is 23.6 Å². The molecule has 1 aliphatic rings. The van der Waals surface area contributed by atoms with Crippen LogP contribution in [0.15, 0.2) is 28.8 Å². The highest BCUT2D eigenvalue weighted by Gasteiger charge is 2.31. The predicted molar refractivity (Wildman–Crippen MR) is 84.4 cm³/mol. The van der Waals surface area contributed by atoms with Gasteiger partial charge < -0.3 is 15.4 Å². The summed E-state index contributed by atoms with van der Waals surface area (Å²) in [5.74, 6) is 0.0164. The molecule has 0 aliphatic carbocycles. The van der Waals surface area contributed by atoms with E-state index >= 15 is 0 Å². The van der Waals surface area contributed by atoms with Gasteiger partial charge in [-0.2, -0.15) is 0 Å². The van der Waals surface area contributed by atoms with Gasteiger partial charge in [0, 0.05) is 10.6 Å². The van der Waals surface area contributed by atoms with Crippen molar-refractivity contribution in [3.05, 3.63) is 33.7 Å². The Morgan fingerprint density at radius 2 is 2.30 bits per heavy atom. The standard InChI is InChI=1S/C14H18N2O2S2/c1-8(2)7-18-13(17)11-9(3)15-14(19)16-12(11)10-5-4-6-20-10/h4-6,8,12H,7H2,1-3H3,(H2,15,16,19)/t12-/m1/s1. The van der Waals surface area contributed by atoms with E-state index in [1.165, 1.54) is 0 Å². The molecule has 2 N–H and O–H groups in total. The molecule has 0 saturated carbocycles. The first kappa shape index (κ1) is 15.0. The van der Waals surface area contributed by atoms with Crippen LogP contribution in [0.4, 0.5) is 0 Å². The second-order valence-corrected chi connectivity index (χ2v) is 6.47. The Labute approximate surface area is 128 Å². The summed E-state index contributed by atoms with van der Waals surface area (Å²) in [5.41, 5.74) is 1.35. The number of nitrogens with one attached hydrogen (secondary N) is 2. The lowest BCUT2D eigenvalue weighted by atomic mass is 10.0. The molecule has 4 nitrogen and oxygen atoms in total. The molecule has 0 aromatic carbocycles. The van der Waals surface area contributed by atoms with Crippen LogP contribution in [0.5, 0.6) is 0 Å². The SMILES string of the molecule is CC1=C(C(=O)OCC(C)C)[C@@H](c2cccs2)NC(=S)N1. The number of hydrogen-bond acceptors (Lipinski definition) is 4. The van der Waals surface area contributed by atoms with Crippen molar-refractivity contribution < 1.29 is 9.53 Å². The molecule has 1 aromatic heterocycles. The van der Waals surface area contributed by atoms with Gasteiger partial charge in [-0.3, -0.25) is 0 Å². The highest BCUT2D eigenvalue weighted by atomic mass is 32.1. The van der Waals surface area contributed by atoms with E-state index in [2.05, 4.69) is 10.6 Å². The minimum atomic E-state index is -0.294. The van der Waals surface area contributed by atoms with Crippen LogP contribution in [0.3, 0.4) is 0 Å². The number of thiocarbonyl (C=S) groups is 1. The summed E-state index contributed by atoms with van der Waals surface area (Å²) < 4.78 is 5.36. The molecule has 0 saturated heterocycles. The zero-order valence-electron chi connectivity index (χ0n) is 11.7. The largest absolute Gasteiger partial charge is 0.462 e. The van der Waals surface area contributed by atoms with Gasteiger partial charge in [0.2, 0.25) is 0 Å². The molecule has 0 spiro atoms. The molecule has 1 aliphatic heterocycles. The van der Waals surface area contributed by atoms with Gasteiger partial charge in [0.15, 0.2) is 5.11 Å². The van der Waals surface area contributed by atoms with Gasteiger partial charge in [-0.05, 0) is 36.5 Å². The molecule has 2 rings (SSSR count). The van der Waals surface area contributed by atoms with Crippen LogP contribution in [0, 0.1) is 5.92 Å². The summed E-state index contributed by atoms with van der Waals surface area (Å²) in [5, 5.41) is 8.64. The Balaban J connectivity index is 2.27. The van der Waals surface area contributed by atoms with E-state index in [9.17, 15) is 4.79 Å². The van der Waals surface area contributed by atoms with Gasteiger partial charge in [0.25, 0.3) is 0 Å². The second kappa shape index (κ2) is 6.37. The van der Waals surface area contributed by atoms with Crippen molar-refractivity contribution in [1.82, 2.24) is 10.6 Å². The number of ether oxygens (including phenoxy) is 1. The van der Waals surface area contributed by atoms with Gasteiger partial charge in [-0.15, -0.1) is 11.3 Å². The van der Waals surface area contributed by atoms with Gasteiger partial charge >= 0.3 is 5.97 Å². The van der Waals surface area contributed by atoms with Crippen molar-refractivity contribution in [1.29, 1.82) is 0 Å². The normalized spacial score (nSPS) is 18.8. The fraction of sp³-hybridized carbons (Fsp3) is 0.429. The maximum atomic E-state index is 12.3. The van der Waals surface area contributed by atoms with Gasteiger partial charge in [0.1, 0.15) is 0 Å². The molecule has 0 bridgehead atoms. The molecular formula is C14H18N2O2S2. The number of carbonyl (C=O) groups is 1. The number of thiophene rings is 1. The van der Waals surface area contributed by atoms with E-state index in [-0.39, 0.29) is 12.0 Å². The summed E-state index contributed by atoms with van der Waals surface area (Å²) in [6.07, 6.45) is 0. The Bertz CT molecular complexity index is 535. The average molecular weight is 310 g/mol. The van der Waals surface area contributed by atoms with Crippen molar-refractivity contribution in [3.8, 4) is 0 Å². The molecule has 0 radical (unpaired) electrons. The quantitative estimate of drug-likeness (QED) is 0.661. The first-order valence-corrected chi connectivity index (χ1v) is 7.76. The smallest absolute Gasteiger partial charge is 0.338 e. The summed E-state index contributed by atoms with van der Waals surface area (Å²) in [4.78, 5) is 13.4. The summed E-state index contributed by atoms with van der Waals surface area (Å²) >= 11 is 6.76. The van der Waals surface area contributed by atoms with Gasteiger partial charge in [0.05, 0.1) is 18.2 Å². The number of esters is 1. The first-order chi connectivity index (χ1) is 9.49. The van der Waals surface area contributed by atoms with E-state index in [0.29, 0.717) is 23.2 Å². The highest BCUT2D eigenvalue weighted by molar-refractivity contribution is 7.80. The van der Waals surface area contributed by atoms with Crippen molar-refractivity contribution in [2.45, 2.75) is 26.8 Å². The lowest BCUT2D eigenvalue weighted by Crippen LogP contribution is -2.45. The van der Waals surface area contributed by atoms with Crippen molar-refractivity contribution in [2.24, 2.45) is 5.92 Å². The fourth-order valence-corrected chi connectivity index (χ4v) is 3.01. The fourth-order valence-electron chi connectivity index (χ4n) is 1.95. The molecule has 0 amide bonds. The Morgan fingerprint density at radius 1 is 1.55 bits per heavy atom. The lowest BCUT2D eigenvalue weighted by molar-refractivity contribution is -0.140. The van der Waals surface area contributed by atoms with Crippen molar-refractivity contribution in [2.75, 3.05) is 6.61 Å². The Morgan fingerprint density at radius 3 is 2.90 bits per heavy atom. The van der Waals surface area contributed by atoms with Crippen LogP contribution in [0.2, 0.25) is 0 Å². The van der Waals surface area contributed by atoms with E-state index in [1.54, 1.807) is 11.3 Å². The summed E-state index contributed by atoms with van der Waals surface area (Å²) in [6.45, 7) is 6.28. The minimum absolute atomic E-state index is 0.233. The molecule has 20 heavy (non-hydrogen) atoms. The minimum Gasteiger partial charge on any atom is -0.462 e. The first-order valence-electron chi connectivity index (χ1n) is 6.48. The Hall–Kier alpha value is -1.40. The third-order valence-electron chi connectivity index (χ3n) is 2.86. The summed E-state index contributed by atoms with van der Waals surface area (Å²) in [6, 6.07) is 3.71. The molecule has 0 fully saturated rings. The monoisotopic (exact) mass is 310 g/mol. The molecule has 108 valence electrons. The number of hydrogen-bond donors (Lipinski definition) is 2. The van der Waals surface area contributed by atoms with Crippen LogP contribution in [0.1, 0.15) is 31.7 Å². The number of rotatable bonds is 4. The van der Waals surface area contributed by atoms with Crippen LogP contribution in [0.25, 0.3) is 0 Å². The average Bonchev–Trinajstić information content (AvgIpc) is 2.88. The maximum Gasteiger partial charge on any atom is 0.338 e. The number of carbonyl (C=O) groups excluding carboxylic acids is 1.